The molecule has 1 aromatic carbocycles. The van der Waals surface area contributed by atoms with Crippen molar-refractivity contribution in [2.75, 3.05) is 12.3 Å². The molecular formula is C16H18ClN3. The molecule has 1 unspecified atom stereocenters. The average molecular weight is 288 g/mol. The van der Waals surface area contributed by atoms with Crippen LogP contribution in [0.1, 0.15) is 30.0 Å². The maximum absolute atomic E-state index is 5.98. The van der Waals surface area contributed by atoms with E-state index in [4.69, 9.17) is 17.3 Å². The van der Waals surface area contributed by atoms with Gasteiger partial charge in [0.05, 0.1) is 10.7 Å². The quantitative estimate of drug-likeness (QED) is 0.876. The largest absolute Gasteiger partial charge is 0.398 e. The third-order valence-corrected chi connectivity index (χ3v) is 4.24. The molecule has 1 saturated heterocycles. The molecule has 1 aromatic heterocycles. The van der Waals surface area contributed by atoms with E-state index in [9.17, 15) is 0 Å². The van der Waals surface area contributed by atoms with Gasteiger partial charge in [0.2, 0.25) is 0 Å². The molecule has 0 amide bonds. The molecule has 1 atom stereocenters. The Morgan fingerprint density at radius 2 is 2.05 bits per heavy atom. The van der Waals surface area contributed by atoms with Gasteiger partial charge in [0.15, 0.2) is 0 Å². The molecule has 4 heteroatoms. The number of aromatic nitrogens is 1. The number of nitrogen functional groups attached to an aromatic ring is 1. The van der Waals surface area contributed by atoms with Crippen LogP contribution in [0.5, 0.6) is 0 Å². The fraction of sp³-hybridized carbons (Fsp3) is 0.312. The summed E-state index contributed by atoms with van der Waals surface area (Å²) in [5.74, 6) is 0. The molecular weight excluding hydrogens is 270 g/mol. The van der Waals surface area contributed by atoms with Gasteiger partial charge >= 0.3 is 0 Å². The van der Waals surface area contributed by atoms with Gasteiger partial charge in [-0.15, -0.1) is 0 Å². The van der Waals surface area contributed by atoms with Crippen molar-refractivity contribution in [1.29, 1.82) is 0 Å². The molecule has 2 heterocycles. The first-order chi connectivity index (χ1) is 9.74. The van der Waals surface area contributed by atoms with Gasteiger partial charge in [-0.05, 0) is 54.8 Å². The van der Waals surface area contributed by atoms with Crippen LogP contribution in [0.4, 0.5) is 5.69 Å². The Kier molecular flexibility index (Phi) is 3.90. The third kappa shape index (κ3) is 2.79. The SMILES string of the molecule is Nc1cc(CN2CCCC2c2ccncc2)ccc1Cl. The zero-order valence-corrected chi connectivity index (χ0v) is 12.1. The highest BCUT2D eigenvalue weighted by atomic mass is 35.5. The first-order valence-corrected chi connectivity index (χ1v) is 7.30. The van der Waals surface area contributed by atoms with Crippen LogP contribution in [0.2, 0.25) is 5.02 Å². The Bertz CT molecular complexity index is 586. The fourth-order valence-corrected chi connectivity index (χ4v) is 3.02. The molecule has 104 valence electrons. The summed E-state index contributed by atoms with van der Waals surface area (Å²) in [4.78, 5) is 6.60. The Morgan fingerprint density at radius 3 is 2.80 bits per heavy atom. The second kappa shape index (κ2) is 5.81. The van der Waals surface area contributed by atoms with Gasteiger partial charge in [-0.2, -0.15) is 0 Å². The topological polar surface area (TPSA) is 42.1 Å². The lowest BCUT2D eigenvalue weighted by Crippen LogP contribution is -2.22. The van der Waals surface area contributed by atoms with E-state index in [1.165, 1.54) is 24.0 Å². The second-order valence-corrected chi connectivity index (χ2v) is 5.67. The number of hydrogen-bond acceptors (Lipinski definition) is 3. The monoisotopic (exact) mass is 287 g/mol. The van der Waals surface area contributed by atoms with Crippen molar-refractivity contribution in [2.24, 2.45) is 0 Å². The van der Waals surface area contributed by atoms with E-state index in [1.54, 1.807) is 0 Å². The Hall–Kier alpha value is -1.58. The van der Waals surface area contributed by atoms with Crippen LogP contribution >= 0.6 is 11.6 Å². The Balaban J connectivity index is 1.77. The zero-order valence-electron chi connectivity index (χ0n) is 11.3. The molecule has 0 aliphatic carbocycles. The Morgan fingerprint density at radius 1 is 1.25 bits per heavy atom. The maximum atomic E-state index is 5.98. The third-order valence-electron chi connectivity index (χ3n) is 3.90. The number of hydrogen-bond donors (Lipinski definition) is 1. The van der Waals surface area contributed by atoms with E-state index in [1.807, 2.05) is 24.5 Å². The van der Waals surface area contributed by atoms with Crippen molar-refractivity contribution < 1.29 is 0 Å². The highest BCUT2D eigenvalue weighted by Gasteiger charge is 2.25. The van der Waals surface area contributed by atoms with Crippen molar-refractivity contribution >= 4 is 17.3 Å². The van der Waals surface area contributed by atoms with Gasteiger partial charge in [0.25, 0.3) is 0 Å². The summed E-state index contributed by atoms with van der Waals surface area (Å²) in [6.07, 6.45) is 6.17. The molecule has 3 nitrogen and oxygen atoms in total. The van der Waals surface area contributed by atoms with E-state index in [0.717, 1.165) is 13.1 Å². The number of halogens is 1. The second-order valence-electron chi connectivity index (χ2n) is 5.26. The molecule has 0 bridgehead atoms. The van der Waals surface area contributed by atoms with Crippen LogP contribution < -0.4 is 5.73 Å². The molecule has 1 aliphatic heterocycles. The average Bonchev–Trinajstić information content (AvgIpc) is 2.92. The summed E-state index contributed by atoms with van der Waals surface area (Å²) in [7, 11) is 0. The van der Waals surface area contributed by atoms with Crippen molar-refractivity contribution in [3.63, 3.8) is 0 Å². The van der Waals surface area contributed by atoms with Crippen LogP contribution in [-0.4, -0.2) is 16.4 Å². The molecule has 2 N–H and O–H groups in total. The van der Waals surface area contributed by atoms with E-state index in [0.29, 0.717) is 16.8 Å². The van der Waals surface area contributed by atoms with E-state index in [2.05, 4.69) is 28.1 Å². The van der Waals surface area contributed by atoms with Crippen molar-refractivity contribution in [3.05, 3.63) is 58.9 Å². The van der Waals surface area contributed by atoms with Gasteiger partial charge in [-0.25, -0.2) is 0 Å². The molecule has 1 fully saturated rings. The number of rotatable bonds is 3. The normalized spacial score (nSPS) is 19.4. The van der Waals surface area contributed by atoms with Crippen LogP contribution in [0.15, 0.2) is 42.7 Å². The van der Waals surface area contributed by atoms with E-state index >= 15 is 0 Å². The van der Waals surface area contributed by atoms with Gasteiger partial charge in [0, 0.05) is 25.0 Å². The number of anilines is 1. The summed E-state index contributed by atoms with van der Waals surface area (Å²) >= 11 is 5.98. The van der Waals surface area contributed by atoms with Crippen LogP contribution in [0, 0.1) is 0 Å². The lowest BCUT2D eigenvalue weighted by Gasteiger charge is -2.25. The number of benzene rings is 1. The molecule has 2 aromatic rings. The highest BCUT2D eigenvalue weighted by molar-refractivity contribution is 6.33. The van der Waals surface area contributed by atoms with Crippen LogP contribution in [-0.2, 0) is 6.54 Å². The van der Waals surface area contributed by atoms with E-state index < -0.39 is 0 Å². The minimum absolute atomic E-state index is 0.481. The summed E-state index contributed by atoms with van der Waals surface area (Å²) in [6.45, 7) is 2.03. The number of pyridine rings is 1. The Labute approximate surface area is 124 Å². The zero-order chi connectivity index (χ0) is 13.9. The molecule has 20 heavy (non-hydrogen) atoms. The first-order valence-electron chi connectivity index (χ1n) is 6.92. The first kappa shape index (κ1) is 13.4. The standard InChI is InChI=1S/C16H18ClN3/c17-14-4-3-12(10-15(14)18)11-20-9-1-2-16(20)13-5-7-19-8-6-13/h3-8,10,16H,1-2,9,11,18H2. The summed E-state index contributed by atoms with van der Waals surface area (Å²) < 4.78 is 0. The maximum Gasteiger partial charge on any atom is 0.0635 e. The number of nitrogens with two attached hydrogens (primary N) is 1. The van der Waals surface area contributed by atoms with Crippen molar-refractivity contribution in [3.8, 4) is 0 Å². The summed E-state index contributed by atoms with van der Waals surface area (Å²) in [6, 6.07) is 10.6. The van der Waals surface area contributed by atoms with Gasteiger partial charge in [0.1, 0.15) is 0 Å². The molecule has 0 spiro atoms. The summed E-state index contributed by atoms with van der Waals surface area (Å²) in [5.41, 5.74) is 9.10. The van der Waals surface area contributed by atoms with Crippen LogP contribution in [0.25, 0.3) is 0 Å². The van der Waals surface area contributed by atoms with Crippen LogP contribution in [0.3, 0.4) is 0 Å². The smallest absolute Gasteiger partial charge is 0.0635 e. The van der Waals surface area contributed by atoms with Crippen molar-refractivity contribution in [2.45, 2.75) is 25.4 Å². The number of nitrogens with zero attached hydrogens (tertiary/aromatic N) is 2. The van der Waals surface area contributed by atoms with Gasteiger partial charge in [-0.1, -0.05) is 17.7 Å². The molecule has 0 radical (unpaired) electrons. The lowest BCUT2D eigenvalue weighted by molar-refractivity contribution is 0.248. The number of likely N-dealkylation sites (tertiary alicyclic amines) is 1. The summed E-state index contributed by atoms with van der Waals surface area (Å²) in [5, 5.41) is 0.626. The highest BCUT2D eigenvalue weighted by Crippen LogP contribution is 2.33. The van der Waals surface area contributed by atoms with Gasteiger partial charge < -0.3 is 5.73 Å². The lowest BCUT2D eigenvalue weighted by atomic mass is 10.1. The molecule has 1 aliphatic rings. The predicted octanol–water partition coefficient (Wildman–Crippen LogP) is 3.65. The van der Waals surface area contributed by atoms with Crippen molar-refractivity contribution in [1.82, 2.24) is 9.88 Å². The molecule has 0 saturated carbocycles. The molecule has 3 rings (SSSR count). The minimum atomic E-state index is 0.481. The minimum Gasteiger partial charge on any atom is -0.398 e. The fourth-order valence-electron chi connectivity index (χ4n) is 2.90. The van der Waals surface area contributed by atoms with E-state index in [-0.39, 0.29) is 0 Å². The predicted molar refractivity (Wildman–Crippen MR) is 82.5 cm³/mol. The van der Waals surface area contributed by atoms with Gasteiger partial charge in [-0.3, -0.25) is 9.88 Å².